The average molecular weight is 274 g/mol. The van der Waals surface area contributed by atoms with Gasteiger partial charge in [0.05, 0.1) is 6.10 Å². The third-order valence-corrected chi connectivity index (χ3v) is 2.65. The van der Waals surface area contributed by atoms with Gasteiger partial charge < -0.3 is 9.64 Å². The van der Waals surface area contributed by atoms with Crippen LogP contribution in [0.15, 0.2) is 12.3 Å². The summed E-state index contributed by atoms with van der Waals surface area (Å²) in [7, 11) is 1.62. The lowest BCUT2D eigenvalue weighted by molar-refractivity contribution is -0.121. The fourth-order valence-electron chi connectivity index (χ4n) is 1.70. The molecule has 1 saturated heterocycles. The number of amides is 2. The lowest BCUT2D eigenvalue weighted by atomic mass is 10.2. The molecule has 0 radical (unpaired) electrons. The van der Waals surface area contributed by atoms with Gasteiger partial charge in [-0.15, -0.1) is 0 Å². The number of halogens is 1. The highest BCUT2D eigenvalue weighted by atomic mass is 19.1. The molecule has 0 aliphatic carbocycles. The number of rotatable bonds is 5. The highest BCUT2D eigenvalue weighted by Gasteiger charge is 2.36. The molecule has 2 amide bonds. The maximum Gasteiger partial charge on any atom is 0.251 e. The van der Waals surface area contributed by atoms with Gasteiger partial charge in [-0.3, -0.25) is 14.9 Å². The van der Waals surface area contributed by atoms with Gasteiger partial charge in [-0.25, -0.2) is 4.39 Å². The van der Waals surface area contributed by atoms with Crippen molar-refractivity contribution in [2.24, 2.45) is 0 Å². The van der Waals surface area contributed by atoms with E-state index in [1.54, 1.807) is 7.05 Å². The van der Waals surface area contributed by atoms with Gasteiger partial charge in [-0.2, -0.15) is 0 Å². The Balaban J connectivity index is 0.00000154. The summed E-state index contributed by atoms with van der Waals surface area (Å²) in [5.41, 5.74) is 0. The average Bonchev–Trinajstić information content (AvgIpc) is 2.80. The van der Waals surface area contributed by atoms with Gasteiger partial charge in [0.25, 0.3) is 5.91 Å². The van der Waals surface area contributed by atoms with Crippen molar-refractivity contribution in [2.45, 2.75) is 52.1 Å². The van der Waals surface area contributed by atoms with Crippen LogP contribution in [-0.2, 0) is 14.3 Å². The lowest BCUT2D eigenvalue weighted by Crippen LogP contribution is -2.34. The van der Waals surface area contributed by atoms with Crippen molar-refractivity contribution in [3.8, 4) is 0 Å². The molecule has 0 saturated carbocycles. The monoisotopic (exact) mass is 274 g/mol. The molecule has 1 aliphatic rings. The fourth-order valence-corrected chi connectivity index (χ4v) is 1.70. The Morgan fingerprint density at radius 3 is 2.63 bits per heavy atom. The van der Waals surface area contributed by atoms with Crippen LogP contribution in [0, 0.1) is 0 Å². The summed E-state index contributed by atoms with van der Waals surface area (Å²) in [5, 5.41) is 1.96. The number of hydrogen-bond acceptors (Lipinski definition) is 4. The van der Waals surface area contributed by atoms with Gasteiger partial charge in [-0.1, -0.05) is 20.8 Å². The van der Waals surface area contributed by atoms with Crippen molar-refractivity contribution >= 4 is 12.3 Å². The van der Waals surface area contributed by atoms with E-state index in [2.05, 4.69) is 0 Å². The van der Waals surface area contributed by atoms with E-state index in [4.69, 9.17) is 4.74 Å². The molecule has 3 unspecified atom stereocenters. The Hall–Kier alpha value is -1.43. The summed E-state index contributed by atoms with van der Waals surface area (Å²) >= 11 is 0. The predicted octanol–water partition coefficient (Wildman–Crippen LogP) is 1.59. The molecule has 0 aromatic rings. The molecule has 19 heavy (non-hydrogen) atoms. The molecular formula is C13H23FN2O3. The van der Waals surface area contributed by atoms with Crippen molar-refractivity contribution < 1.29 is 18.7 Å². The normalized spacial score (nSPS) is 25.6. The molecule has 0 spiro atoms. The summed E-state index contributed by atoms with van der Waals surface area (Å²) in [4.78, 5) is 22.5. The van der Waals surface area contributed by atoms with Crippen LogP contribution in [0.5, 0.6) is 0 Å². The molecule has 6 heteroatoms. The smallest absolute Gasteiger partial charge is 0.251 e. The van der Waals surface area contributed by atoms with E-state index in [9.17, 15) is 14.0 Å². The first kappa shape index (κ1) is 17.6. The zero-order chi connectivity index (χ0) is 14.8. The Labute approximate surface area is 113 Å². The topological polar surface area (TPSA) is 58.6 Å². The Bertz CT molecular complexity index is 310. The molecule has 1 aliphatic heterocycles. The van der Waals surface area contributed by atoms with E-state index < -0.39 is 18.3 Å². The first-order chi connectivity index (χ1) is 9.08. The second-order valence-electron chi connectivity index (χ2n) is 3.92. The minimum absolute atomic E-state index is 0.0744. The van der Waals surface area contributed by atoms with E-state index in [1.165, 1.54) is 11.1 Å². The second-order valence-corrected chi connectivity index (χ2v) is 3.92. The number of nitrogens with one attached hydrogen (secondary N) is 1. The third kappa shape index (κ3) is 5.83. The number of carbonyl (C=O) groups is 2. The number of carbonyl (C=O) groups excluding carboxylic acids is 2. The van der Waals surface area contributed by atoms with Crippen LogP contribution in [0.3, 0.4) is 0 Å². The minimum Gasteiger partial charge on any atom is -0.353 e. The molecule has 1 N–H and O–H groups in total. The van der Waals surface area contributed by atoms with Crippen molar-refractivity contribution in [1.29, 1.82) is 0 Å². The molecule has 1 fully saturated rings. The van der Waals surface area contributed by atoms with E-state index >= 15 is 0 Å². The zero-order valence-electron chi connectivity index (χ0n) is 11.9. The van der Waals surface area contributed by atoms with Crippen LogP contribution in [-0.4, -0.2) is 42.8 Å². The maximum atomic E-state index is 13.6. The maximum absolute atomic E-state index is 13.6. The van der Waals surface area contributed by atoms with Gasteiger partial charge in [0.2, 0.25) is 6.41 Å². The first-order valence-corrected chi connectivity index (χ1v) is 6.52. The molecule has 3 atom stereocenters. The van der Waals surface area contributed by atoms with Crippen molar-refractivity contribution in [3.05, 3.63) is 12.3 Å². The van der Waals surface area contributed by atoms with Gasteiger partial charge in [0.15, 0.2) is 6.23 Å². The van der Waals surface area contributed by atoms with Gasteiger partial charge in [-0.05, 0) is 6.42 Å². The molecule has 0 bridgehead atoms. The SMILES string of the molecule is CC.CCC1CC(F)C(N(C)/C=C\C(=O)NC=O)O1. The summed E-state index contributed by atoms with van der Waals surface area (Å²) in [6.45, 7) is 5.94. The van der Waals surface area contributed by atoms with Crippen molar-refractivity contribution in [2.75, 3.05) is 7.05 Å². The molecule has 110 valence electrons. The summed E-state index contributed by atoms with van der Waals surface area (Å²) < 4.78 is 19.1. The van der Waals surface area contributed by atoms with Crippen molar-refractivity contribution in [1.82, 2.24) is 10.2 Å². The lowest BCUT2D eigenvalue weighted by Gasteiger charge is -2.23. The molecule has 1 rings (SSSR count). The van der Waals surface area contributed by atoms with Gasteiger partial charge >= 0.3 is 0 Å². The van der Waals surface area contributed by atoms with Crippen LogP contribution >= 0.6 is 0 Å². The number of nitrogens with zero attached hydrogens (tertiary/aromatic N) is 1. The fraction of sp³-hybridized carbons (Fsp3) is 0.692. The first-order valence-electron chi connectivity index (χ1n) is 6.52. The van der Waals surface area contributed by atoms with Crippen LogP contribution in [0.1, 0.15) is 33.6 Å². The van der Waals surface area contributed by atoms with Crippen LogP contribution in [0.2, 0.25) is 0 Å². The van der Waals surface area contributed by atoms with Crippen molar-refractivity contribution in [3.63, 3.8) is 0 Å². The predicted molar refractivity (Wildman–Crippen MR) is 70.9 cm³/mol. The summed E-state index contributed by atoms with van der Waals surface area (Å²) in [5.74, 6) is -0.549. The highest BCUT2D eigenvalue weighted by Crippen LogP contribution is 2.26. The third-order valence-electron chi connectivity index (χ3n) is 2.65. The summed E-state index contributed by atoms with van der Waals surface area (Å²) in [6.07, 6.45) is 2.18. The zero-order valence-corrected chi connectivity index (χ0v) is 11.9. The molecule has 1 heterocycles. The number of ether oxygens (including phenoxy) is 1. The van der Waals surface area contributed by atoms with Gasteiger partial charge in [0.1, 0.15) is 6.17 Å². The van der Waals surface area contributed by atoms with Gasteiger partial charge in [0, 0.05) is 25.7 Å². The number of alkyl halides is 1. The van der Waals surface area contributed by atoms with Crippen LogP contribution in [0.4, 0.5) is 4.39 Å². The van der Waals surface area contributed by atoms with E-state index in [1.807, 2.05) is 26.1 Å². The Morgan fingerprint density at radius 2 is 2.16 bits per heavy atom. The molecular weight excluding hydrogens is 251 g/mol. The van der Waals surface area contributed by atoms with E-state index in [-0.39, 0.29) is 6.10 Å². The van der Waals surface area contributed by atoms with E-state index in [0.29, 0.717) is 12.8 Å². The van der Waals surface area contributed by atoms with Crippen LogP contribution in [0.25, 0.3) is 0 Å². The quantitative estimate of drug-likeness (QED) is 0.611. The second kappa shape index (κ2) is 9.49. The molecule has 0 aromatic heterocycles. The molecule has 0 aromatic carbocycles. The van der Waals surface area contributed by atoms with E-state index in [0.717, 1.165) is 12.5 Å². The number of imide groups is 1. The Kier molecular flexibility index (Phi) is 8.78. The Morgan fingerprint density at radius 1 is 1.53 bits per heavy atom. The number of hydrogen-bond donors (Lipinski definition) is 1. The summed E-state index contributed by atoms with van der Waals surface area (Å²) in [6, 6.07) is 0. The van der Waals surface area contributed by atoms with Crippen LogP contribution < -0.4 is 5.32 Å². The minimum atomic E-state index is -1.07. The highest BCUT2D eigenvalue weighted by molar-refractivity contribution is 5.94. The molecule has 5 nitrogen and oxygen atoms in total. The largest absolute Gasteiger partial charge is 0.353 e. The standard InChI is InChI=1S/C11H17FN2O3.C2H6/c1-3-8-6-9(12)11(17-8)14(2)5-4-10(16)13-7-15;1-2/h4-5,7-9,11H,3,6H2,1-2H3,(H,13,15,16);1-2H3/b5-4-;.